The third-order valence-corrected chi connectivity index (χ3v) is 2.65. The van der Waals surface area contributed by atoms with E-state index in [0.717, 1.165) is 12.1 Å². The number of benzene rings is 1. The SMILES string of the molecule is CC1CNc2ccc(C(F)(F)F)cc2NC1=O. The topological polar surface area (TPSA) is 41.1 Å². The minimum Gasteiger partial charge on any atom is -0.383 e. The van der Waals surface area contributed by atoms with Gasteiger partial charge in [-0.25, -0.2) is 0 Å². The van der Waals surface area contributed by atoms with Crippen LogP contribution in [0.5, 0.6) is 0 Å². The van der Waals surface area contributed by atoms with E-state index in [9.17, 15) is 18.0 Å². The zero-order valence-electron chi connectivity index (χ0n) is 9.06. The molecule has 1 aromatic rings. The summed E-state index contributed by atoms with van der Waals surface area (Å²) in [6.45, 7) is 2.11. The molecule has 0 saturated carbocycles. The smallest absolute Gasteiger partial charge is 0.383 e. The largest absolute Gasteiger partial charge is 0.416 e. The summed E-state index contributed by atoms with van der Waals surface area (Å²) in [6.07, 6.45) is -4.41. The van der Waals surface area contributed by atoms with Gasteiger partial charge in [0.15, 0.2) is 0 Å². The second kappa shape index (κ2) is 3.94. The van der Waals surface area contributed by atoms with Crippen molar-refractivity contribution in [3.8, 4) is 0 Å². The van der Waals surface area contributed by atoms with E-state index in [1.54, 1.807) is 6.92 Å². The first-order chi connectivity index (χ1) is 7.88. The van der Waals surface area contributed by atoms with Crippen molar-refractivity contribution in [1.82, 2.24) is 0 Å². The molecule has 6 heteroatoms. The highest BCUT2D eigenvalue weighted by Crippen LogP contribution is 2.34. The molecule has 1 aliphatic heterocycles. The summed E-state index contributed by atoms with van der Waals surface area (Å²) >= 11 is 0. The Bertz CT molecular complexity index is 457. The first-order valence-corrected chi connectivity index (χ1v) is 5.14. The van der Waals surface area contributed by atoms with Crippen LogP contribution in [0, 0.1) is 5.92 Å². The van der Waals surface area contributed by atoms with E-state index < -0.39 is 11.7 Å². The maximum Gasteiger partial charge on any atom is 0.416 e. The summed E-state index contributed by atoms with van der Waals surface area (Å²) in [5.41, 5.74) is -0.0854. The van der Waals surface area contributed by atoms with E-state index >= 15 is 0 Å². The van der Waals surface area contributed by atoms with Crippen LogP contribution < -0.4 is 10.6 Å². The minimum atomic E-state index is -4.41. The number of carbonyl (C=O) groups is 1. The van der Waals surface area contributed by atoms with Gasteiger partial charge in [0.1, 0.15) is 0 Å². The van der Waals surface area contributed by atoms with Crippen molar-refractivity contribution in [1.29, 1.82) is 0 Å². The van der Waals surface area contributed by atoms with E-state index in [1.165, 1.54) is 6.07 Å². The minimum absolute atomic E-state index is 0.175. The maximum atomic E-state index is 12.5. The fourth-order valence-corrected chi connectivity index (χ4v) is 1.59. The third kappa shape index (κ3) is 2.35. The van der Waals surface area contributed by atoms with Crippen LogP contribution >= 0.6 is 0 Å². The van der Waals surface area contributed by atoms with Gasteiger partial charge in [-0.3, -0.25) is 4.79 Å². The van der Waals surface area contributed by atoms with Crippen LogP contribution in [0.2, 0.25) is 0 Å². The lowest BCUT2D eigenvalue weighted by Gasteiger charge is -2.11. The molecule has 1 amide bonds. The fraction of sp³-hybridized carbons (Fsp3) is 0.364. The Kier molecular flexibility index (Phi) is 2.73. The predicted molar refractivity (Wildman–Crippen MR) is 57.7 cm³/mol. The van der Waals surface area contributed by atoms with Crippen LogP contribution in [0.4, 0.5) is 24.5 Å². The summed E-state index contributed by atoms with van der Waals surface area (Å²) in [4.78, 5) is 11.5. The molecule has 0 aromatic heterocycles. The van der Waals surface area contributed by atoms with Gasteiger partial charge in [0, 0.05) is 6.54 Å². The van der Waals surface area contributed by atoms with Gasteiger partial charge in [0.05, 0.1) is 22.9 Å². The van der Waals surface area contributed by atoms with Gasteiger partial charge in [0.25, 0.3) is 0 Å². The van der Waals surface area contributed by atoms with Crippen LogP contribution in [0.3, 0.4) is 0 Å². The van der Waals surface area contributed by atoms with Crippen molar-refractivity contribution in [3.63, 3.8) is 0 Å². The lowest BCUT2D eigenvalue weighted by Crippen LogP contribution is -2.22. The summed E-state index contributed by atoms with van der Waals surface area (Å²) in [6, 6.07) is 3.27. The molecule has 2 rings (SSSR count). The number of amides is 1. The van der Waals surface area contributed by atoms with Gasteiger partial charge < -0.3 is 10.6 Å². The standard InChI is InChI=1S/C11H11F3N2O/c1-6-5-15-8-3-2-7(11(12,13)14)4-9(8)16-10(6)17/h2-4,6,15H,5H2,1H3,(H,16,17). The number of alkyl halides is 3. The van der Waals surface area contributed by atoms with Crippen LogP contribution in [-0.2, 0) is 11.0 Å². The molecule has 1 atom stereocenters. The normalized spacial score (nSPS) is 20.0. The Morgan fingerprint density at radius 1 is 1.29 bits per heavy atom. The molecule has 0 fully saturated rings. The Hall–Kier alpha value is -1.72. The van der Waals surface area contributed by atoms with E-state index in [0.29, 0.717) is 12.2 Å². The Morgan fingerprint density at radius 2 is 2.00 bits per heavy atom. The molecular weight excluding hydrogens is 233 g/mol. The van der Waals surface area contributed by atoms with Gasteiger partial charge in [0.2, 0.25) is 5.91 Å². The molecule has 1 aliphatic rings. The molecule has 1 aromatic carbocycles. The van der Waals surface area contributed by atoms with E-state index in [1.807, 2.05) is 0 Å². The number of hydrogen-bond donors (Lipinski definition) is 2. The van der Waals surface area contributed by atoms with E-state index in [2.05, 4.69) is 10.6 Å². The number of carbonyl (C=O) groups excluding carboxylic acids is 1. The second-order valence-corrected chi connectivity index (χ2v) is 4.03. The molecule has 1 heterocycles. The number of nitrogens with one attached hydrogen (secondary N) is 2. The highest BCUT2D eigenvalue weighted by atomic mass is 19.4. The maximum absolute atomic E-state index is 12.5. The molecule has 0 saturated heterocycles. The molecule has 3 nitrogen and oxygen atoms in total. The summed E-state index contributed by atoms with van der Waals surface area (Å²) in [5.74, 6) is -0.563. The molecule has 92 valence electrons. The Morgan fingerprint density at radius 3 is 2.65 bits per heavy atom. The van der Waals surface area contributed by atoms with Gasteiger partial charge in [-0.1, -0.05) is 6.92 Å². The van der Waals surface area contributed by atoms with Crippen molar-refractivity contribution in [2.75, 3.05) is 17.2 Å². The van der Waals surface area contributed by atoms with E-state index in [-0.39, 0.29) is 17.5 Å². The summed E-state index contributed by atoms with van der Waals surface area (Å²) < 4.78 is 37.5. The average molecular weight is 244 g/mol. The molecular formula is C11H11F3N2O. The number of anilines is 2. The van der Waals surface area contributed by atoms with Crippen LogP contribution in [0.15, 0.2) is 18.2 Å². The molecule has 0 bridgehead atoms. The molecule has 17 heavy (non-hydrogen) atoms. The molecule has 0 aliphatic carbocycles. The van der Waals surface area contributed by atoms with Crippen molar-refractivity contribution in [3.05, 3.63) is 23.8 Å². The number of fused-ring (bicyclic) bond motifs is 1. The van der Waals surface area contributed by atoms with Gasteiger partial charge >= 0.3 is 6.18 Å². The van der Waals surface area contributed by atoms with Crippen molar-refractivity contribution in [2.45, 2.75) is 13.1 Å². The Balaban J connectivity index is 2.39. The summed E-state index contributed by atoms with van der Waals surface area (Å²) in [5, 5.41) is 5.42. The van der Waals surface area contributed by atoms with Gasteiger partial charge in [-0.2, -0.15) is 13.2 Å². The number of halogens is 3. The first-order valence-electron chi connectivity index (χ1n) is 5.14. The van der Waals surface area contributed by atoms with Crippen LogP contribution in [-0.4, -0.2) is 12.5 Å². The van der Waals surface area contributed by atoms with Crippen molar-refractivity contribution < 1.29 is 18.0 Å². The van der Waals surface area contributed by atoms with Crippen LogP contribution in [0.25, 0.3) is 0 Å². The van der Waals surface area contributed by atoms with E-state index in [4.69, 9.17) is 0 Å². The number of hydrogen-bond acceptors (Lipinski definition) is 2. The molecule has 1 unspecified atom stereocenters. The van der Waals surface area contributed by atoms with Crippen LogP contribution in [0.1, 0.15) is 12.5 Å². The number of rotatable bonds is 0. The lowest BCUT2D eigenvalue weighted by atomic mass is 10.1. The van der Waals surface area contributed by atoms with Gasteiger partial charge in [-0.05, 0) is 18.2 Å². The zero-order chi connectivity index (χ0) is 12.6. The van der Waals surface area contributed by atoms with Crippen molar-refractivity contribution in [2.24, 2.45) is 5.92 Å². The Labute approximate surface area is 96.0 Å². The quantitative estimate of drug-likeness (QED) is 0.736. The molecule has 0 spiro atoms. The average Bonchev–Trinajstić information content (AvgIpc) is 2.37. The first kappa shape index (κ1) is 11.8. The van der Waals surface area contributed by atoms with Gasteiger partial charge in [-0.15, -0.1) is 0 Å². The molecule has 2 N–H and O–H groups in total. The highest BCUT2D eigenvalue weighted by molar-refractivity contribution is 5.97. The summed E-state index contributed by atoms with van der Waals surface area (Å²) in [7, 11) is 0. The lowest BCUT2D eigenvalue weighted by molar-refractivity contribution is -0.137. The highest BCUT2D eigenvalue weighted by Gasteiger charge is 2.31. The monoisotopic (exact) mass is 244 g/mol. The fourth-order valence-electron chi connectivity index (χ4n) is 1.59. The predicted octanol–water partition coefficient (Wildman–Crippen LogP) is 2.71. The molecule has 0 radical (unpaired) electrons. The zero-order valence-corrected chi connectivity index (χ0v) is 9.06. The van der Waals surface area contributed by atoms with Crippen molar-refractivity contribution >= 4 is 17.3 Å². The third-order valence-electron chi connectivity index (χ3n) is 2.65. The second-order valence-electron chi connectivity index (χ2n) is 4.03.